The number of hydrogen-bond donors (Lipinski definition) is 4. The van der Waals surface area contributed by atoms with E-state index in [1.54, 1.807) is 6.20 Å². The molecular weight excluding hydrogens is 839 g/mol. The van der Waals surface area contributed by atoms with Gasteiger partial charge in [-0.2, -0.15) is 0 Å². The summed E-state index contributed by atoms with van der Waals surface area (Å²) in [5.74, 6) is 1.55. The van der Waals surface area contributed by atoms with Gasteiger partial charge in [-0.25, -0.2) is 19.6 Å². The zero-order valence-electron chi connectivity index (χ0n) is 38.4. The third-order valence-electron chi connectivity index (χ3n) is 13.2. The van der Waals surface area contributed by atoms with E-state index in [1.165, 1.54) is 14.2 Å². The molecule has 2 saturated heterocycles. The SMILES string of the molecule is COC(=O)N[C@H](C(=O)N1CCC[C@H]1c1ncc(-c2ccc3c(c2)OC(c2ccc(C)cc2)n2c-3cc3cc(-c4cnc([C@@H]5CCCN5C(=O)[C@@H](NC(=O)OC)C(C)C)[nH]4)ccc32)[nH]1)C(C)C. The maximum Gasteiger partial charge on any atom is 0.407 e. The van der Waals surface area contributed by atoms with Gasteiger partial charge in [0.2, 0.25) is 18.0 Å². The van der Waals surface area contributed by atoms with E-state index in [0.717, 1.165) is 87.2 Å². The minimum atomic E-state index is -0.721. The Bertz CT molecular complexity index is 2790. The summed E-state index contributed by atoms with van der Waals surface area (Å²) in [5, 5.41) is 6.47. The molecule has 3 aliphatic heterocycles. The summed E-state index contributed by atoms with van der Waals surface area (Å²) in [6.45, 7) is 10.8. The van der Waals surface area contributed by atoms with E-state index >= 15 is 0 Å². The smallest absolute Gasteiger partial charge is 0.407 e. The second-order valence-corrected chi connectivity index (χ2v) is 18.2. The van der Waals surface area contributed by atoms with Gasteiger partial charge in [-0.15, -0.1) is 0 Å². The topological polar surface area (TPSA) is 189 Å². The number of likely N-dealkylation sites (tertiary alicyclic amines) is 2. The van der Waals surface area contributed by atoms with Crippen LogP contribution in [-0.2, 0) is 19.1 Å². The Kier molecular flexibility index (Phi) is 12.1. The first kappa shape index (κ1) is 44.1. The number of nitrogens with one attached hydrogen (secondary N) is 4. The molecule has 16 nitrogen and oxygen atoms in total. The number of H-pyrrole nitrogens is 2. The number of methoxy groups -OCH3 is 2. The number of carbonyl (C=O) groups excluding carboxylic acids is 4. The Hall–Kier alpha value is -7.10. The lowest BCUT2D eigenvalue weighted by molar-refractivity contribution is -0.136. The molecule has 3 aromatic carbocycles. The van der Waals surface area contributed by atoms with Crippen molar-refractivity contribution in [3.8, 4) is 39.5 Å². The summed E-state index contributed by atoms with van der Waals surface area (Å²) in [5.41, 5.74) is 8.60. The van der Waals surface area contributed by atoms with Crippen LogP contribution in [0.4, 0.5) is 9.59 Å². The fourth-order valence-corrected chi connectivity index (χ4v) is 9.68. The quantitative estimate of drug-likeness (QED) is 0.0990. The molecule has 6 heterocycles. The fourth-order valence-electron chi connectivity index (χ4n) is 9.68. The Labute approximate surface area is 383 Å². The number of ether oxygens (including phenoxy) is 3. The van der Waals surface area contributed by atoms with Gasteiger partial charge < -0.3 is 49.2 Å². The number of alkyl carbamates (subject to hydrolysis) is 2. The third kappa shape index (κ3) is 8.24. The van der Waals surface area contributed by atoms with E-state index in [9.17, 15) is 19.2 Å². The monoisotopic (exact) mass is 895 g/mol. The number of benzene rings is 3. The molecule has 5 atom stereocenters. The standard InChI is InChI=1S/C50H57N9O7/c1-27(2)42(55-49(62)64-6)46(60)57-20-8-10-38(57)44-51-25-35(53-44)31-17-19-37-33(22-31)23-40-34-18-16-32(24-41(34)66-48(59(37)40)30-14-12-29(5)13-15-30)36-26-52-45(54-36)39-11-9-21-58(39)47(61)43(28(3)4)56-50(63)65-7/h12-19,22-28,38-39,42-43,48H,8-11,20-21H2,1-7H3,(H,51,53)(H,52,54)(H,55,62)(H,56,63)/t38-,39-,42-,43-,48?/m0/s1. The van der Waals surface area contributed by atoms with Crippen LogP contribution < -0.4 is 15.4 Å². The minimum Gasteiger partial charge on any atom is -0.465 e. The molecule has 9 rings (SSSR count). The normalized spacial score (nSPS) is 18.8. The van der Waals surface area contributed by atoms with E-state index in [0.29, 0.717) is 24.7 Å². The zero-order valence-corrected chi connectivity index (χ0v) is 38.4. The van der Waals surface area contributed by atoms with Gasteiger partial charge in [-0.3, -0.25) is 9.59 Å². The van der Waals surface area contributed by atoms with Crippen molar-refractivity contribution in [3.63, 3.8) is 0 Å². The average Bonchev–Trinajstić information content (AvgIpc) is 4.18. The van der Waals surface area contributed by atoms with Gasteiger partial charge in [0.05, 0.1) is 61.3 Å². The summed E-state index contributed by atoms with van der Waals surface area (Å²) in [6.07, 6.45) is 5.05. The Balaban J connectivity index is 1.01. The molecule has 4 N–H and O–H groups in total. The molecule has 344 valence electrons. The molecule has 6 aromatic rings. The van der Waals surface area contributed by atoms with Crippen molar-refractivity contribution >= 4 is 34.9 Å². The molecule has 0 bridgehead atoms. The van der Waals surface area contributed by atoms with Crippen molar-refractivity contribution < 1.29 is 33.4 Å². The predicted octanol–water partition coefficient (Wildman–Crippen LogP) is 8.42. The molecule has 2 fully saturated rings. The highest BCUT2D eigenvalue weighted by Crippen LogP contribution is 2.46. The van der Waals surface area contributed by atoms with Crippen LogP contribution in [0.1, 0.15) is 94.5 Å². The van der Waals surface area contributed by atoms with Crippen LogP contribution in [0.15, 0.2) is 79.1 Å². The fraction of sp³-hybridized carbons (Fsp3) is 0.400. The summed E-state index contributed by atoms with van der Waals surface area (Å²) in [4.78, 5) is 72.0. The van der Waals surface area contributed by atoms with Gasteiger partial charge in [-0.05, 0) is 74.8 Å². The zero-order chi connectivity index (χ0) is 46.4. The van der Waals surface area contributed by atoms with Gasteiger partial charge in [0, 0.05) is 40.7 Å². The number of fused-ring (bicyclic) bond motifs is 5. The van der Waals surface area contributed by atoms with Gasteiger partial charge in [0.1, 0.15) is 29.5 Å². The number of amides is 4. The van der Waals surface area contributed by atoms with Crippen LogP contribution in [0, 0.1) is 18.8 Å². The number of nitrogens with zero attached hydrogens (tertiary/aromatic N) is 5. The predicted molar refractivity (Wildman–Crippen MR) is 248 cm³/mol. The highest BCUT2D eigenvalue weighted by atomic mass is 16.5. The molecule has 0 saturated carbocycles. The number of aromatic nitrogens is 5. The molecule has 66 heavy (non-hydrogen) atoms. The number of hydrogen-bond acceptors (Lipinski definition) is 9. The lowest BCUT2D eigenvalue weighted by Gasteiger charge is -2.30. The van der Waals surface area contributed by atoms with Crippen molar-refractivity contribution in [2.75, 3.05) is 27.3 Å². The van der Waals surface area contributed by atoms with Crippen molar-refractivity contribution in [2.45, 2.75) is 90.7 Å². The molecule has 16 heteroatoms. The molecule has 0 radical (unpaired) electrons. The second-order valence-electron chi connectivity index (χ2n) is 18.2. The maximum absolute atomic E-state index is 13.8. The average molecular weight is 896 g/mol. The number of aryl methyl sites for hydroxylation is 1. The van der Waals surface area contributed by atoms with Crippen molar-refractivity contribution in [3.05, 3.63) is 102 Å². The first-order valence-electron chi connectivity index (χ1n) is 22.8. The Morgan fingerprint density at radius 3 is 1.77 bits per heavy atom. The number of imidazole rings is 2. The number of aromatic amines is 2. The van der Waals surface area contributed by atoms with E-state index < -0.39 is 30.5 Å². The van der Waals surface area contributed by atoms with E-state index in [-0.39, 0.29) is 35.7 Å². The van der Waals surface area contributed by atoms with E-state index in [2.05, 4.69) is 92.8 Å². The first-order chi connectivity index (χ1) is 31.8. The maximum atomic E-state index is 13.8. The van der Waals surface area contributed by atoms with E-state index in [4.69, 9.17) is 24.2 Å². The lowest BCUT2D eigenvalue weighted by Crippen LogP contribution is -2.51. The molecular formula is C50H57N9O7. The van der Waals surface area contributed by atoms with Crippen LogP contribution in [0.5, 0.6) is 5.75 Å². The molecule has 3 aliphatic rings. The molecule has 0 aliphatic carbocycles. The van der Waals surface area contributed by atoms with Crippen LogP contribution in [0.25, 0.3) is 44.7 Å². The second kappa shape index (κ2) is 18.1. The van der Waals surface area contributed by atoms with Crippen LogP contribution in [-0.4, -0.2) is 97.7 Å². The van der Waals surface area contributed by atoms with Gasteiger partial charge in [-0.1, -0.05) is 69.7 Å². The van der Waals surface area contributed by atoms with Crippen molar-refractivity contribution in [2.24, 2.45) is 11.8 Å². The Morgan fingerprint density at radius 1 is 0.712 bits per heavy atom. The molecule has 3 aromatic heterocycles. The summed E-state index contributed by atoms with van der Waals surface area (Å²) in [6, 6.07) is 21.2. The molecule has 1 unspecified atom stereocenters. The molecule has 0 spiro atoms. The molecule has 4 amide bonds. The third-order valence-corrected chi connectivity index (χ3v) is 13.2. The van der Waals surface area contributed by atoms with Gasteiger partial charge >= 0.3 is 12.2 Å². The van der Waals surface area contributed by atoms with Gasteiger partial charge in [0.15, 0.2) is 0 Å². The highest BCUT2D eigenvalue weighted by Gasteiger charge is 2.39. The van der Waals surface area contributed by atoms with Crippen LogP contribution >= 0.6 is 0 Å². The summed E-state index contributed by atoms with van der Waals surface area (Å²) >= 11 is 0. The minimum absolute atomic E-state index is 0.129. The number of rotatable bonds is 11. The van der Waals surface area contributed by atoms with Crippen LogP contribution in [0.2, 0.25) is 0 Å². The van der Waals surface area contributed by atoms with Crippen molar-refractivity contribution in [1.82, 2.24) is 44.9 Å². The summed E-state index contributed by atoms with van der Waals surface area (Å²) < 4.78 is 18.8. The first-order valence-corrected chi connectivity index (χ1v) is 22.8. The largest absolute Gasteiger partial charge is 0.465 e. The lowest BCUT2D eigenvalue weighted by atomic mass is 10.0. The van der Waals surface area contributed by atoms with Crippen LogP contribution in [0.3, 0.4) is 0 Å². The highest BCUT2D eigenvalue weighted by molar-refractivity contribution is 5.93. The van der Waals surface area contributed by atoms with Crippen molar-refractivity contribution in [1.29, 1.82) is 0 Å². The Morgan fingerprint density at radius 2 is 1.24 bits per heavy atom. The van der Waals surface area contributed by atoms with Gasteiger partial charge in [0.25, 0.3) is 0 Å². The number of carbonyl (C=O) groups is 4. The summed E-state index contributed by atoms with van der Waals surface area (Å²) in [7, 11) is 2.58. The van der Waals surface area contributed by atoms with E-state index in [1.807, 2.05) is 49.8 Å².